The van der Waals surface area contributed by atoms with Gasteiger partial charge < -0.3 is 0 Å². The largest absolute Gasteiger partial charge is 0.297 e. The molecule has 8 heteroatoms. The van der Waals surface area contributed by atoms with E-state index in [0.29, 0.717) is 17.4 Å². The van der Waals surface area contributed by atoms with Crippen LogP contribution in [0.2, 0.25) is 0 Å². The van der Waals surface area contributed by atoms with Crippen LogP contribution in [0.4, 0.5) is 0 Å². The summed E-state index contributed by atoms with van der Waals surface area (Å²) in [5.41, 5.74) is 2.96. The number of aromatic nitrogens is 5. The molecule has 3 aromatic rings. The molecule has 0 radical (unpaired) electrons. The van der Waals surface area contributed by atoms with Gasteiger partial charge >= 0.3 is 0 Å². The summed E-state index contributed by atoms with van der Waals surface area (Å²) in [4.78, 5) is 19.8. The van der Waals surface area contributed by atoms with E-state index in [1.807, 2.05) is 13.8 Å². The van der Waals surface area contributed by atoms with Gasteiger partial charge in [0.25, 0.3) is 5.56 Å². The van der Waals surface area contributed by atoms with E-state index in [1.165, 1.54) is 15.9 Å². The molecule has 0 saturated carbocycles. The molecule has 1 aliphatic rings. The van der Waals surface area contributed by atoms with Crippen LogP contribution in [0.15, 0.2) is 16.9 Å². The third kappa shape index (κ3) is 2.99. The molecule has 0 unspecified atom stereocenters. The molecule has 4 heterocycles. The van der Waals surface area contributed by atoms with Gasteiger partial charge in [-0.15, -0.1) is 0 Å². The molecule has 0 amide bonds. The quantitative estimate of drug-likeness (QED) is 0.785. The number of hydrogen-bond acceptors (Lipinski definition) is 6. The number of aryl methyl sites for hydroxylation is 2. The lowest BCUT2D eigenvalue weighted by atomic mass is 9.94. The van der Waals surface area contributed by atoms with Gasteiger partial charge in [0.2, 0.25) is 4.96 Å². The number of likely N-dealkylation sites (tertiary alicyclic amines) is 1. The van der Waals surface area contributed by atoms with Crippen LogP contribution in [0.1, 0.15) is 40.8 Å². The van der Waals surface area contributed by atoms with Gasteiger partial charge in [0.05, 0.1) is 11.4 Å². The Labute approximate surface area is 143 Å². The van der Waals surface area contributed by atoms with E-state index in [0.717, 1.165) is 48.0 Å². The van der Waals surface area contributed by atoms with E-state index in [1.54, 1.807) is 6.07 Å². The Balaban J connectivity index is 1.53. The number of H-pyrrole nitrogens is 1. The average molecular weight is 344 g/mol. The number of aromatic amines is 1. The molecule has 24 heavy (non-hydrogen) atoms. The van der Waals surface area contributed by atoms with Crippen molar-refractivity contribution in [1.82, 2.24) is 29.7 Å². The zero-order valence-electron chi connectivity index (χ0n) is 13.8. The van der Waals surface area contributed by atoms with Crippen LogP contribution in [-0.4, -0.2) is 42.8 Å². The summed E-state index contributed by atoms with van der Waals surface area (Å²) >= 11 is 1.45. The van der Waals surface area contributed by atoms with Gasteiger partial charge in [-0.05, 0) is 39.3 Å². The molecule has 7 nitrogen and oxygen atoms in total. The molecule has 4 rings (SSSR count). The first kappa shape index (κ1) is 15.5. The SMILES string of the molecule is Cc1cc([C@H]2CCCN(Cc3cc(=O)n4nc(C)sc4n3)C2)n[nH]1. The standard InChI is InChI=1S/C16H20N6OS/c1-10-6-14(19-18-10)12-4-3-5-21(8-12)9-13-7-15(23)22-16(17-13)24-11(2)20-22/h6-7,12H,3-5,8-9H2,1-2H3,(H,18,19)/t12-/m0/s1. The topological polar surface area (TPSA) is 79.2 Å². The smallest absolute Gasteiger partial charge is 0.275 e. The molecule has 3 aromatic heterocycles. The van der Waals surface area contributed by atoms with Crippen LogP contribution in [-0.2, 0) is 6.54 Å². The molecule has 0 bridgehead atoms. The third-order valence-electron chi connectivity index (χ3n) is 4.43. The number of nitrogens with zero attached hydrogens (tertiary/aromatic N) is 5. The first-order valence-corrected chi connectivity index (χ1v) is 9.01. The number of hydrogen-bond donors (Lipinski definition) is 1. The Morgan fingerprint density at radius 1 is 1.38 bits per heavy atom. The number of nitrogens with one attached hydrogen (secondary N) is 1. The molecule has 0 aromatic carbocycles. The number of rotatable bonds is 3. The van der Waals surface area contributed by atoms with Gasteiger partial charge in [-0.25, -0.2) is 4.98 Å². The van der Waals surface area contributed by atoms with Crippen molar-refractivity contribution in [2.75, 3.05) is 13.1 Å². The van der Waals surface area contributed by atoms with Gasteiger partial charge in [0, 0.05) is 30.8 Å². The lowest BCUT2D eigenvalue weighted by Gasteiger charge is -2.31. The minimum Gasteiger partial charge on any atom is -0.297 e. The maximum atomic E-state index is 12.2. The Morgan fingerprint density at radius 3 is 3.04 bits per heavy atom. The van der Waals surface area contributed by atoms with E-state index < -0.39 is 0 Å². The van der Waals surface area contributed by atoms with E-state index >= 15 is 0 Å². The van der Waals surface area contributed by atoms with Crippen LogP contribution >= 0.6 is 11.3 Å². The Morgan fingerprint density at radius 2 is 2.25 bits per heavy atom. The fourth-order valence-electron chi connectivity index (χ4n) is 3.35. The number of fused-ring (bicyclic) bond motifs is 1. The van der Waals surface area contributed by atoms with E-state index in [9.17, 15) is 4.79 Å². The molecular weight excluding hydrogens is 324 g/mol. The fraction of sp³-hybridized carbons (Fsp3) is 0.500. The zero-order valence-corrected chi connectivity index (χ0v) is 14.6. The fourth-order valence-corrected chi connectivity index (χ4v) is 4.12. The summed E-state index contributed by atoms with van der Waals surface area (Å²) in [5, 5.41) is 12.5. The molecule has 1 aliphatic heterocycles. The van der Waals surface area contributed by atoms with Gasteiger partial charge in [-0.1, -0.05) is 11.3 Å². The summed E-state index contributed by atoms with van der Waals surface area (Å²) < 4.78 is 1.38. The van der Waals surface area contributed by atoms with Gasteiger partial charge in [0.15, 0.2) is 0 Å². The summed E-state index contributed by atoms with van der Waals surface area (Å²) in [6.45, 7) is 6.60. The normalized spacial score (nSPS) is 19.2. The van der Waals surface area contributed by atoms with Crippen molar-refractivity contribution in [1.29, 1.82) is 0 Å². The Hall–Kier alpha value is -2.06. The lowest BCUT2D eigenvalue weighted by molar-refractivity contribution is 0.196. The van der Waals surface area contributed by atoms with Crippen molar-refractivity contribution < 1.29 is 0 Å². The van der Waals surface area contributed by atoms with Crippen molar-refractivity contribution in [3.05, 3.63) is 44.6 Å². The molecule has 1 atom stereocenters. The lowest BCUT2D eigenvalue weighted by Crippen LogP contribution is -2.34. The molecule has 126 valence electrons. The Bertz CT molecular complexity index is 926. The van der Waals surface area contributed by atoms with Crippen LogP contribution in [0.3, 0.4) is 0 Å². The molecule has 1 fully saturated rings. The maximum absolute atomic E-state index is 12.2. The van der Waals surface area contributed by atoms with Crippen molar-refractivity contribution in [2.45, 2.75) is 39.2 Å². The average Bonchev–Trinajstić information content (AvgIpc) is 3.13. The highest BCUT2D eigenvalue weighted by atomic mass is 32.1. The van der Waals surface area contributed by atoms with Crippen molar-refractivity contribution in [3.63, 3.8) is 0 Å². The minimum absolute atomic E-state index is 0.101. The predicted octanol–water partition coefficient (Wildman–Crippen LogP) is 1.87. The van der Waals surface area contributed by atoms with Crippen LogP contribution in [0, 0.1) is 13.8 Å². The summed E-state index contributed by atoms with van der Waals surface area (Å²) in [6, 6.07) is 3.74. The highest BCUT2D eigenvalue weighted by molar-refractivity contribution is 7.16. The second-order valence-corrected chi connectivity index (χ2v) is 7.61. The van der Waals surface area contributed by atoms with Crippen molar-refractivity contribution in [3.8, 4) is 0 Å². The first-order chi connectivity index (χ1) is 11.6. The van der Waals surface area contributed by atoms with Gasteiger partial charge in [-0.3, -0.25) is 14.8 Å². The summed E-state index contributed by atoms with van der Waals surface area (Å²) in [7, 11) is 0. The highest BCUT2D eigenvalue weighted by Crippen LogP contribution is 2.26. The second kappa shape index (κ2) is 6.10. The third-order valence-corrected chi connectivity index (χ3v) is 5.26. The molecule has 1 N–H and O–H groups in total. The molecule has 1 saturated heterocycles. The second-order valence-electron chi connectivity index (χ2n) is 6.45. The maximum Gasteiger partial charge on any atom is 0.275 e. The Kier molecular flexibility index (Phi) is 3.93. The first-order valence-electron chi connectivity index (χ1n) is 8.19. The molecule has 0 spiro atoms. The predicted molar refractivity (Wildman–Crippen MR) is 92.4 cm³/mol. The van der Waals surface area contributed by atoms with Crippen LogP contribution < -0.4 is 5.56 Å². The summed E-state index contributed by atoms with van der Waals surface area (Å²) in [6.07, 6.45) is 2.29. The molecular formula is C16H20N6OS. The van der Waals surface area contributed by atoms with E-state index in [4.69, 9.17) is 0 Å². The highest BCUT2D eigenvalue weighted by Gasteiger charge is 2.23. The number of piperidine rings is 1. The van der Waals surface area contributed by atoms with Crippen LogP contribution in [0.5, 0.6) is 0 Å². The van der Waals surface area contributed by atoms with Crippen LogP contribution in [0.25, 0.3) is 4.96 Å². The van der Waals surface area contributed by atoms with Crippen molar-refractivity contribution >= 4 is 16.3 Å². The molecule has 0 aliphatic carbocycles. The zero-order chi connectivity index (χ0) is 16.7. The van der Waals surface area contributed by atoms with Gasteiger partial charge in [-0.2, -0.15) is 14.7 Å². The van der Waals surface area contributed by atoms with Crippen molar-refractivity contribution in [2.24, 2.45) is 0 Å². The minimum atomic E-state index is -0.101. The van der Waals surface area contributed by atoms with E-state index in [2.05, 4.69) is 31.2 Å². The van der Waals surface area contributed by atoms with Gasteiger partial charge in [0.1, 0.15) is 5.01 Å². The monoisotopic (exact) mass is 344 g/mol. The van der Waals surface area contributed by atoms with E-state index in [-0.39, 0.29) is 5.56 Å². The summed E-state index contributed by atoms with van der Waals surface area (Å²) in [5.74, 6) is 0.444.